The van der Waals surface area contributed by atoms with Crippen LogP contribution in [-0.2, 0) is 25.5 Å². The van der Waals surface area contributed by atoms with Crippen molar-refractivity contribution in [3.63, 3.8) is 0 Å². The van der Waals surface area contributed by atoms with Crippen molar-refractivity contribution in [3.05, 3.63) is 187 Å². The van der Waals surface area contributed by atoms with E-state index in [1.807, 2.05) is 42.6 Å². The Morgan fingerprint density at radius 3 is 1.99 bits per heavy atom. The van der Waals surface area contributed by atoms with Crippen LogP contribution < -0.4 is 5.19 Å². The Hall–Kier alpha value is -6.50. The quantitative estimate of drug-likeness (QED) is 0.0907. The average molecular weight is 1100 g/mol. The van der Waals surface area contributed by atoms with Gasteiger partial charge in [0.05, 0.1) is 36.3 Å². The Kier molecular flexibility index (Phi) is 12.9. The van der Waals surface area contributed by atoms with Crippen LogP contribution in [0.25, 0.3) is 94.1 Å². The van der Waals surface area contributed by atoms with E-state index in [1.165, 1.54) is 54.7 Å². The van der Waals surface area contributed by atoms with E-state index in [2.05, 4.69) is 210 Å². The molecular formula is C62H58IrN4OSi-2. The summed E-state index contributed by atoms with van der Waals surface area (Å²) in [5.74, 6) is 2.14. The van der Waals surface area contributed by atoms with Gasteiger partial charge in [0.15, 0.2) is 0 Å². The summed E-state index contributed by atoms with van der Waals surface area (Å²) in [7, 11) is -1.49. The Labute approximate surface area is 421 Å². The molecule has 7 heteroatoms. The van der Waals surface area contributed by atoms with E-state index in [4.69, 9.17) is 9.40 Å². The van der Waals surface area contributed by atoms with E-state index >= 15 is 0 Å². The van der Waals surface area contributed by atoms with Crippen LogP contribution in [0.4, 0.5) is 0 Å². The first-order valence-corrected chi connectivity index (χ1v) is 27.4. The fraction of sp³-hybridized carbons (Fsp3) is 0.210. The molecule has 0 unspecified atom stereocenters. The molecule has 8 aromatic carbocycles. The first-order chi connectivity index (χ1) is 32.6. The van der Waals surface area contributed by atoms with Crippen molar-refractivity contribution in [1.82, 2.24) is 19.5 Å². The Morgan fingerprint density at radius 2 is 1.29 bits per heavy atom. The third kappa shape index (κ3) is 9.12. The molecule has 0 fully saturated rings. The number of fused-ring (bicyclic) bond motifs is 7. The molecule has 3 aromatic heterocycles. The number of imidazole rings is 1. The van der Waals surface area contributed by atoms with Gasteiger partial charge in [-0.05, 0) is 98.1 Å². The number of hydrogen-bond donors (Lipinski definition) is 0. The number of rotatable bonds is 7. The first-order valence-electron chi connectivity index (χ1n) is 23.9. The van der Waals surface area contributed by atoms with Crippen LogP contribution in [0, 0.1) is 12.1 Å². The van der Waals surface area contributed by atoms with Gasteiger partial charge in [0.1, 0.15) is 5.58 Å². The van der Waals surface area contributed by atoms with Crippen LogP contribution in [0.3, 0.4) is 0 Å². The largest absolute Gasteiger partial charge is 0.501 e. The first kappa shape index (κ1) is 47.6. The summed E-state index contributed by atoms with van der Waals surface area (Å²) < 4.78 is 9.32. The summed E-state index contributed by atoms with van der Waals surface area (Å²) in [6.07, 6.45) is 1.81. The number of furan rings is 1. The van der Waals surface area contributed by atoms with E-state index < -0.39 is 8.07 Å². The maximum atomic E-state index is 6.94. The van der Waals surface area contributed by atoms with Crippen LogP contribution in [-0.4, -0.2) is 27.6 Å². The van der Waals surface area contributed by atoms with Gasteiger partial charge in [-0.1, -0.05) is 157 Å². The summed E-state index contributed by atoms with van der Waals surface area (Å²) in [5, 5.41) is 8.64. The molecule has 0 saturated carbocycles. The van der Waals surface area contributed by atoms with Gasteiger partial charge in [0.25, 0.3) is 0 Å². The van der Waals surface area contributed by atoms with Crippen LogP contribution >= 0.6 is 0 Å². The molecule has 1 radical (unpaired) electrons. The van der Waals surface area contributed by atoms with E-state index in [0.29, 0.717) is 0 Å². The maximum absolute atomic E-state index is 6.94. The topological polar surface area (TPSA) is 56.7 Å². The monoisotopic (exact) mass is 1100 g/mol. The minimum Gasteiger partial charge on any atom is -0.501 e. The molecule has 0 bridgehead atoms. The molecule has 11 rings (SSSR count). The fourth-order valence-electron chi connectivity index (χ4n) is 9.40. The van der Waals surface area contributed by atoms with Gasteiger partial charge in [0, 0.05) is 48.5 Å². The maximum Gasteiger partial charge on any atom is 0.121 e. The van der Waals surface area contributed by atoms with Gasteiger partial charge in [-0.3, -0.25) is 15.0 Å². The fourth-order valence-corrected chi connectivity index (χ4v) is 10.6. The third-order valence-electron chi connectivity index (χ3n) is 13.2. The summed E-state index contributed by atoms with van der Waals surface area (Å²) in [5.41, 5.74) is 12.9. The SMILES string of the molecule is CC(C)(C)c1ccnc(-c2[c-]cccc2)n1.CC(C)c1cc(-c2ccccc2)cc(C(C)C)c1-n1c(-c2[c-]ccc3c2oc2cc4c(ccc5ccc([Si](C)(C)C)cc54)cc23)nc2ccccc21.[Ir]. The van der Waals surface area contributed by atoms with E-state index in [1.54, 1.807) is 0 Å². The number of hydrogen-bond acceptors (Lipinski definition) is 4. The Morgan fingerprint density at radius 1 is 0.609 bits per heavy atom. The van der Waals surface area contributed by atoms with Crippen molar-refractivity contribution >= 4 is 67.8 Å². The molecular weight excluding hydrogens is 1040 g/mol. The predicted octanol–water partition coefficient (Wildman–Crippen LogP) is 16.4. The molecule has 69 heavy (non-hydrogen) atoms. The van der Waals surface area contributed by atoms with E-state index in [0.717, 1.165) is 61.4 Å². The number of para-hydroxylation sites is 2. The van der Waals surface area contributed by atoms with Crippen molar-refractivity contribution in [2.75, 3.05) is 0 Å². The minimum atomic E-state index is -1.49. The van der Waals surface area contributed by atoms with Crippen LogP contribution in [0.5, 0.6) is 0 Å². The van der Waals surface area contributed by atoms with Gasteiger partial charge in [-0.2, -0.15) is 0 Å². The Balaban J connectivity index is 0.000000296. The summed E-state index contributed by atoms with van der Waals surface area (Å²) in [6.45, 7) is 22.9. The summed E-state index contributed by atoms with van der Waals surface area (Å²) >= 11 is 0. The van der Waals surface area contributed by atoms with Crippen molar-refractivity contribution in [2.45, 2.75) is 85.4 Å². The van der Waals surface area contributed by atoms with Crippen molar-refractivity contribution in [2.24, 2.45) is 0 Å². The summed E-state index contributed by atoms with van der Waals surface area (Å²) in [4.78, 5) is 14.2. The van der Waals surface area contributed by atoms with Gasteiger partial charge >= 0.3 is 0 Å². The third-order valence-corrected chi connectivity index (χ3v) is 15.2. The minimum absolute atomic E-state index is 0. The predicted molar refractivity (Wildman–Crippen MR) is 289 cm³/mol. The second kappa shape index (κ2) is 18.8. The number of benzene rings is 8. The molecule has 0 saturated heterocycles. The zero-order valence-electron chi connectivity index (χ0n) is 41.2. The van der Waals surface area contributed by atoms with Gasteiger partial charge in [-0.15, -0.1) is 54.1 Å². The van der Waals surface area contributed by atoms with E-state index in [-0.39, 0.29) is 37.4 Å². The second-order valence-electron chi connectivity index (χ2n) is 20.7. The van der Waals surface area contributed by atoms with E-state index in [9.17, 15) is 0 Å². The van der Waals surface area contributed by atoms with Gasteiger partial charge < -0.3 is 8.98 Å². The van der Waals surface area contributed by atoms with Crippen LogP contribution in [0.1, 0.15) is 77.1 Å². The molecule has 5 nitrogen and oxygen atoms in total. The zero-order valence-corrected chi connectivity index (χ0v) is 44.6. The molecule has 3 heterocycles. The van der Waals surface area contributed by atoms with Gasteiger partial charge in [-0.25, -0.2) is 0 Å². The molecule has 0 aliphatic heterocycles. The smallest absolute Gasteiger partial charge is 0.121 e. The number of nitrogens with zero attached hydrogens (tertiary/aromatic N) is 4. The van der Waals surface area contributed by atoms with Crippen molar-refractivity contribution in [3.8, 4) is 39.6 Å². The molecule has 0 aliphatic rings. The molecule has 0 N–H and O–H groups in total. The molecule has 0 atom stereocenters. The van der Waals surface area contributed by atoms with Crippen molar-refractivity contribution < 1.29 is 24.5 Å². The molecule has 347 valence electrons. The summed E-state index contributed by atoms with van der Waals surface area (Å²) in [6, 6.07) is 60.7. The van der Waals surface area contributed by atoms with Crippen LogP contribution in [0.15, 0.2) is 162 Å². The molecule has 0 aliphatic carbocycles. The second-order valence-corrected chi connectivity index (χ2v) is 25.8. The van der Waals surface area contributed by atoms with Crippen molar-refractivity contribution in [1.29, 1.82) is 0 Å². The molecule has 0 amide bonds. The molecule has 11 aromatic rings. The zero-order chi connectivity index (χ0) is 47.5. The molecule has 0 spiro atoms. The average Bonchev–Trinajstić information content (AvgIpc) is 3.91. The standard InChI is InChI=1S/C48H43N2OSi.C14H15N2.Ir/c1-29(2)38-25-34(31-14-9-8-10-15-31)26-39(30(3)4)46(38)50-44-19-12-11-18-43(44)49-48(50)37-17-13-16-36-42-24-33-21-20-32-22-23-35(52(5,6)7)27-40(32)41(33)28-45(42)51-47(36)37;1-14(2,3)12-9-10-15-13(16-12)11-7-5-4-6-8-11;/h8-16,18-30H,1-7H3;4-7,9-10H,1-3H3;/q2*-1;. The van der Waals surface area contributed by atoms with Gasteiger partial charge in [0.2, 0.25) is 0 Å². The normalized spacial score (nSPS) is 12.1. The Bertz CT molecular complexity index is 3620. The van der Waals surface area contributed by atoms with Crippen LogP contribution in [0.2, 0.25) is 19.6 Å². The number of aromatic nitrogens is 4.